The van der Waals surface area contributed by atoms with Crippen LogP contribution in [0.2, 0.25) is 0 Å². The van der Waals surface area contributed by atoms with Crippen molar-refractivity contribution in [2.45, 2.75) is 27.7 Å². The van der Waals surface area contributed by atoms with Crippen molar-refractivity contribution in [2.75, 3.05) is 0 Å². The molecule has 0 aliphatic heterocycles. The van der Waals surface area contributed by atoms with E-state index in [0.717, 1.165) is 50.8 Å². The molecule has 41 heavy (non-hydrogen) atoms. The zero-order chi connectivity index (χ0) is 28.1. The van der Waals surface area contributed by atoms with Crippen LogP contribution in [0.1, 0.15) is 22.5 Å². The van der Waals surface area contributed by atoms with E-state index >= 15 is 0 Å². The third-order valence-electron chi connectivity index (χ3n) is 7.84. The molecule has 3 aromatic heterocycles. The molecule has 0 fully saturated rings. The molecule has 0 aliphatic rings. The number of aryl methyl sites for hydroxylation is 3. The van der Waals surface area contributed by atoms with E-state index in [2.05, 4.69) is 97.9 Å². The van der Waals surface area contributed by atoms with Gasteiger partial charge < -0.3 is 4.74 Å². The SMILES string of the molecule is Cc1cccc(C)c1-c1c(C)nn(-c2cccc(Oc3ccc4c5ccccc5n(-c5ccccn5)c4c3)c2)c1C. The Morgan fingerprint density at radius 2 is 1.34 bits per heavy atom. The van der Waals surface area contributed by atoms with Gasteiger partial charge in [-0.25, -0.2) is 9.67 Å². The Labute approximate surface area is 239 Å². The van der Waals surface area contributed by atoms with E-state index in [1.807, 2.05) is 53.3 Å². The van der Waals surface area contributed by atoms with Crippen LogP contribution in [0.15, 0.2) is 109 Å². The molecule has 0 saturated heterocycles. The molecule has 0 N–H and O–H groups in total. The molecule has 5 heteroatoms. The Kier molecular flexibility index (Phi) is 5.93. The first-order valence-electron chi connectivity index (χ1n) is 13.9. The minimum Gasteiger partial charge on any atom is -0.457 e. The van der Waals surface area contributed by atoms with Crippen LogP contribution < -0.4 is 4.74 Å². The number of benzene rings is 4. The van der Waals surface area contributed by atoms with Gasteiger partial charge in [-0.05, 0) is 86.8 Å². The monoisotopic (exact) mass is 534 g/mol. The molecule has 0 unspecified atom stereocenters. The van der Waals surface area contributed by atoms with Gasteiger partial charge in [0.15, 0.2) is 0 Å². The highest BCUT2D eigenvalue weighted by molar-refractivity contribution is 6.09. The van der Waals surface area contributed by atoms with E-state index in [1.165, 1.54) is 27.6 Å². The van der Waals surface area contributed by atoms with E-state index in [0.29, 0.717) is 0 Å². The highest BCUT2D eigenvalue weighted by Gasteiger charge is 2.18. The van der Waals surface area contributed by atoms with Crippen molar-refractivity contribution in [3.63, 3.8) is 0 Å². The Morgan fingerprint density at radius 1 is 0.610 bits per heavy atom. The molecule has 3 heterocycles. The maximum absolute atomic E-state index is 6.46. The van der Waals surface area contributed by atoms with Gasteiger partial charge >= 0.3 is 0 Å². The van der Waals surface area contributed by atoms with Crippen molar-refractivity contribution in [3.8, 4) is 34.1 Å². The fourth-order valence-corrected chi connectivity index (χ4v) is 6.03. The number of aromatic nitrogens is 4. The Morgan fingerprint density at radius 3 is 2.15 bits per heavy atom. The zero-order valence-corrected chi connectivity index (χ0v) is 23.6. The number of pyridine rings is 1. The highest BCUT2D eigenvalue weighted by Crippen LogP contribution is 2.36. The largest absolute Gasteiger partial charge is 0.457 e. The number of para-hydroxylation sites is 1. The maximum Gasteiger partial charge on any atom is 0.137 e. The van der Waals surface area contributed by atoms with Gasteiger partial charge in [-0.2, -0.15) is 5.10 Å². The molecule has 7 rings (SSSR count). The summed E-state index contributed by atoms with van der Waals surface area (Å²) in [4.78, 5) is 4.64. The summed E-state index contributed by atoms with van der Waals surface area (Å²) in [5, 5.41) is 7.30. The number of hydrogen-bond donors (Lipinski definition) is 0. The van der Waals surface area contributed by atoms with Crippen LogP contribution in [-0.4, -0.2) is 19.3 Å². The Balaban J connectivity index is 1.29. The van der Waals surface area contributed by atoms with Gasteiger partial charge in [0.05, 0.1) is 22.4 Å². The molecule has 0 amide bonds. The average Bonchev–Trinajstić information content (AvgIpc) is 3.47. The third-order valence-corrected chi connectivity index (χ3v) is 7.84. The van der Waals surface area contributed by atoms with Gasteiger partial charge in [0, 0.05) is 40.4 Å². The first kappa shape index (κ1) is 24.9. The molecule has 5 nitrogen and oxygen atoms in total. The van der Waals surface area contributed by atoms with Crippen LogP contribution in [0.5, 0.6) is 11.5 Å². The summed E-state index contributed by atoms with van der Waals surface area (Å²) in [6.45, 7) is 8.55. The van der Waals surface area contributed by atoms with E-state index in [-0.39, 0.29) is 0 Å². The van der Waals surface area contributed by atoms with Crippen molar-refractivity contribution in [3.05, 3.63) is 132 Å². The van der Waals surface area contributed by atoms with Crippen LogP contribution in [0, 0.1) is 27.7 Å². The summed E-state index contributed by atoms with van der Waals surface area (Å²) < 4.78 is 10.7. The standard InChI is InChI=1S/C36H30N4O/c1-23-11-9-12-24(2)35(23)36-25(3)38-40(26(36)4)27-13-10-14-28(21-27)41-29-18-19-31-30-15-5-6-16-32(30)39(33(31)22-29)34-17-7-8-20-37-34/h5-22H,1-4H3. The summed E-state index contributed by atoms with van der Waals surface area (Å²) in [6, 6.07) is 35.2. The molecule has 0 bridgehead atoms. The van der Waals surface area contributed by atoms with Gasteiger partial charge in [0.1, 0.15) is 17.3 Å². The average molecular weight is 535 g/mol. The van der Waals surface area contributed by atoms with Gasteiger partial charge in [0.2, 0.25) is 0 Å². The second-order valence-corrected chi connectivity index (χ2v) is 10.5. The molecule has 0 spiro atoms. The molecular formula is C36H30N4O. The van der Waals surface area contributed by atoms with Crippen molar-refractivity contribution < 1.29 is 4.74 Å². The van der Waals surface area contributed by atoms with Crippen LogP contribution >= 0.6 is 0 Å². The van der Waals surface area contributed by atoms with Gasteiger partial charge in [-0.15, -0.1) is 0 Å². The summed E-state index contributed by atoms with van der Waals surface area (Å²) in [5.74, 6) is 2.39. The number of fused-ring (bicyclic) bond motifs is 3. The Bertz CT molecular complexity index is 2050. The summed E-state index contributed by atoms with van der Waals surface area (Å²) in [7, 11) is 0. The maximum atomic E-state index is 6.46. The van der Waals surface area contributed by atoms with E-state index in [4.69, 9.17) is 9.84 Å². The lowest BCUT2D eigenvalue weighted by Crippen LogP contribution is -2.00. The number of rotatable bonds is 5. The fourth-order valence-electron chi connectivity index (χ4n) is 6.03. The van der Waals surface area contributed by atoms with Gasteiger partial charge in [0.25, 0.3) is 0 Å². The predicted octanol–water partition coefficient (Wildman–Crippen LogP) is 9.06. The van der Waals surface area contributed by atoms with Crippen molar-refractivity contribution >= 4 is 21.8 Å². The second kappa shape index (κ2) is 9.79. The van der Waals surface area contributed by atoms with E-state index in [9.17, 15) is 0 Å². The molecule has 0 radical (unpaired) electrons. The summed E-state index contributed by atoms with van der Waals surface area (Å²) >= 11 is 0. The minimum absolute atomic E-state index is 0.753. The summed E-state index contributed by atoms with van der Waals surface area (Å²) in [5.41, 5.74) is 10.2. The summed E-state index contributed by atoms with van der Waals surface area (Å²) in [6.07, 6.45) is 1.83. The highest BCUT2D eigenvalue weighted by atomic mass is 16.5. The van der Waals surface area contributed by atoms with Crippen molar-refractivity contribution in [1.82, 2.24) is 19.3 Å². The normalized spacial score (nSPS) is 11.4. The number of hydrogen-bond acceptors (Lipinski definition) is 3. The topological polar surface area (TPSA) is 44.9 Å². The first-order chi connectivity index (χ1) is 20.0. The number of nitrogens with zero attached hydrogens (tertiary/aromatic N) is 4. The molecule has 4 aromatic carbocycles. The molecular weight excluding hydrogens is 504 g/mol. The van der Waals surface area contributed by atoms with Crippen molar-refractivity contribution in [2.24, 2.45) is 0 Å². The van der Waals surface area contributed by atoms with Gasteiger partial charge in [-0.3, -0.25) is 4.57 Å². The van der Waals surface area contributed by atoms with E-state index in [1.54, 1.807) is 0 Å². The van der Waals surface area contributed by atoms with Crippen LogP contribution in [0.25, 0.3) is 44.4 Å². The molecule has 200 valence electrons. The smallest absolute Gasteiger partial charge is 0.137 e. The van der Waals surface area contributed by atoms with Crippen LogP contribution in [0.4, 0.5) is 0 Å². The van der Waals surface area contributed by atoms with E-state index < -0.39 is 0 Å². The molecule has 7 aromatic rings. The van der Waals surface area contributed by atoms with Gasteiger partial charge in [-0.1, -0.05) is 48.5 Å². The lowest BCUT2D eigenvalue weighted by atomic mass is 9.94. The first-order valence-corrected chi connectivity index (χ1v) is 13.9. The second-order valence-electron chi connectivity index (χ2n) is 10.5. The van der Waals surface area contributed by atoms with Crippen molar-refractivity contribution in [1.29, 1.82) is 0 Å². The van der Waals surface area contributed by atoms with Crippen LogP contribution in [0.3, 0.4) is 0 Å². The zero-order valence-electron chi connectivity index (χ0n) is 23.6. The predicted molar refractivity (Wildman–Crippen MR) is 167 cm³/mol. The minimum atomic E-state index is 0.753. The molecule has 0 atom stereocenters. The lowest BCUT2D eigenvalue weighted by Gasteiger charge is -2.12. The van der Waals surface area contributed by atoms with Crippen LogP contribution in [-0.2, 0) is 0 Å². The Hall–Kier alpha value is -5.16. The molecule has 0 aliphatic carbocycles. The lowest BCUT2D eigenvalue weighted by molar-refractivity contribution is 0.483. The third kappa shape index (κ3) is 4.18. The fraction of sp³-hybridized carbons (Fsp3) is 0.111. The molecule has 0 saturated carbocycles. The number of ether oxygens (including phenoxy) is 1. The quantitative estimate of drug-likeness (QED) is 0.221.